The largest absolute Gasteiger partial charge is 0.433 e. The van der Waals surface area contributed by atoms with Crippen LogP contribution in [0.15, 0.2) is 42.7 Å². The van der Waals surface area contributed by atoms with Gasteiger partial charge in [0, 0.05) is 43.5 Å². The lowest BCUT2D eigenvalue weighted by atomic mass is 9.83. The number of halogens is 3. The molecule has 2 fully saturated rings. The summed E-state index contributed by atoms with van der Waals surface area (Å²) in [5, 5.41) is 16.7. The number of pyridine rings is 1. The maximum Gasteiger partial charge on any atom is 0.433 e. The molecule has 8 nitrogen and oxygen atoms in total. The Morgan fingerprint density at radius 3 is 2.62 bits per heavy atom. The van der Waals surface area contributed by atoms with Crippen molar-refractivity contribution >= 4 is 23.2 Å². The maximum atomic E-state index is 14.0. The number of nitrogens with zero attached hydrogens (tertiary/aromatic N) is 5. The van der Waals surface area contributed by atoms with Gasteiger partial charge >= 0.3 is 6.18 Å². The molecule has 1 saturated heterocycles. The number of aryl methyl sites for hydroxylation is 1. The van der Waals surface area contributed by atoms with Gasteiger partial charge in [0.2, 0.25) is 11.8 Å². The van der Waals surface area contributed by atoms with E-state index in [0.717, 1.165) is 18.9 Å². The van der Waals surface area contributed by atoms with Crippen LogP contribution in [0.4, 0.5) is 24.5 Å². The molecule has 1 saturated carbocycles. The summed E-state index contributed by atoms with van der Waals surface area (Å²) in [5.41, 5.74) is -0.798. The van der Waals surface area contributed by atoms with Crippen LogP contribution in [0.5, 0.6) is 0 Å². The standard InChI is InChI=1S/C26H23F3N6O2/c1-15(36)32-20-5-3-4-19(16-12-31-34(2)13-16)23(20)21-10-18(11-22(33-21)26(27,28)29)35-9-8-25(14-30,24(35)37)17-6-7-17/h3-5,10-13,17H,6-9H2,1-2H3,(H,32,36)/t25-/m1/s1. The molecular formula is C26H23F3N6O2. The van der Waals surface area contributed by atoms with Gasteiger partial charge in [-0.05, 0) is 48.9 Å². The molecule has 0 bridgehead atoms. The van der Waals surface area contributed by atoms with Crippen LogP contribution in [0, 0.1) is 22.7 Å². The van der Waals surface area contributed by atoms with E-state index in [0.29, 0.717) is 11.1 Å². The number of carbonyl (C=O) groups is 2. The predicted molar refractivity (Wildman–Crippen MR) is 129 cm³/mol. The zero-order valence-electron chi connectivity index (χ0n) is 20.1. The lowest BCUT2D eigenvalue weighted by Gasteiger charge is -2.23. The van der Waals surface area contributed by atoms with Crippen LogP contribution in [-0.4, -0.2) is 33.1 Å². The van der Waals surface area contributed by atoms with Crippen molar-refractivity contribution in [2.75, 3.05) is 16.8 Å². The van der Waals surface area contributed by atoms with Gasteiger partial charge in [-0.1, -0.05) is 12.1 Å². The summed E-state index contributed by atoms with van der Waals surface area (Å²) in [6, 6.07) is 9.36. The summed E-state index contributed by atoms with van der Waals surface area (Å²) in [7, 11) is 1.71. The molecule has 3 aromatic rings. The SMILES string of the molecule is CC(=O)Nc1cccc(-c2cnn(C)c2)c1-c1cc(N2CC[C@@](C#N)(C3CC3)C2=O)cc(C(F)(F)F)n1. The number of hydrogen-bond acceptors (Lipinski definition) is 5. The van der Waals surface area contributed by atoms with Crippen molar-refractivity contribution in [2.24, 2.45) is 18.4 Å². The summed E-state index contributed by atoms with van der Waals surface area (Å²) in [5.74, 6) is -0.962. The second-order valence-corrected chi connectivity index (χ2v) is 9.47. The number of anilines is 2. The maximum absolute atomic E-state index is 14.0. The lowest BCUT2D eigenvalue weighted by molar-refractivity contribution is -0.141. The Kier molecular flexibility index (Phi) is 5.78. The van der Waals surface area contributed by atoms with Crippen LogP contribution < -0.4 is 10.2 Å². The molecule has 0 unspecified atom stereocenters. The normalized spacial score (nSPS) is 19.7. The van der Waals surface area contributed by atoms with Crippen molar-refractivity contribution in [3.63, 3.8) is 0 Å². The summed E-state index contributed by atoms with van der Waals surface area (Å²) in [6.07, 6.45) is 0.225. The highest BCUT2D eigenvalue weighted by atomic mass is 19.4. The molecule has 5 rings (SSSR count). The molecule has 3 heterocycles. The molecule has 11 heteroatoms. The van der Waals surface area contributed by atoms with E-state index in [4.69, 9.17) is 0 Å². The fourth-order valence-electron chi connectivity index (χ4n) is 5.00. The Morgan fingerprint density at radius 2 is 2.03 bits per heavy atom. The van der Waals surface area contributed by atoms with Crippen molar-refractivity contribution in [2.45, 2.75) is 32.4 Å². The molecule has 2 aromatic heterocycles. The third-order valence-electron chi connectivity index (χ3n) is 6.89. The first-order chi connectivity index (χ1) is 17.5. The molecule has 1 aliphatic heterocycles. The number of nitriles is 1. The second-order valence-electron chi connectivity index (χ2n) is 9.47. The molecule has 1 aromatic carbocycles. The van der Waals surface area contributed by atoms with Crippen LogP contribution >= 0.6 is 0 Å². The number of amides is 2. The van der Waals surface area contributed by atoms with Crippen molar-refractivity contribution in [1.82, 2.24) is 14.8 Å². The van der Waals surface area contributed by atoms with Crippen LogP contribution in [0.1, 0.15) is 31.9 Å². The summed E-state index contributed by atoms with van der Waals surface area (Å²) >= 11 is 0. The molecule has 0 radical (unpaired) electrons. The number of alkyl halides is 3. The Hall–Kier alpha value is -4.20. The molecule has 1 atom stereocenters. The Labute approximate surface area is 210 Å². The van der Waals surface area contributed by atoms with Crippen molar-refractivity contribution in [1.29, 1.82) is 5.26 Å². The zero-order valence-corrected chi connectivity index (χ0v) is 20.1. The highest BCUT2D eigenvalue weighted by molar-refractivity contribution is 6.03. The Morgan fingerprint density at radius 1 is 1.27 bits per heavy atom. The lowest BCUT2D eigenvalue weighted by Crippen LogP contribution is -2.35. The first kappa shape index (κ1) is 24.5. The molecule has 190 valence electrons. The summed E-state index contributed by atoms with van der Waals surface area (Å²) < 4.78 is 43.7. The zero-order chi connectivity index (χ0) is 26.5. The van der Waals surface area contributed by atoms with E-state index in [1.165, 1.54) is 17.9 Å². The van der Waals surface area contributed by atoms with Crippen LogP contribution in [0.3, 0.4) is 0 Å². The number of nitrogens with one attached hydrogen (secondary N) is 1. The number of hydrogen-bond donors (Lipinski definition) is 1. The minimum Gasteiger partial charge on any atom is -0.326 e. The van der Waals surface area contributed by atoms with E-state index in [1.54, 1.807) is 42.3 Å². The van der Waals surface area contributed by atoms with Crippen LogP contribution in [0.2, 0.25) is 0 Å². The van der Waals surface area contributed by atoms with E-state index in [1.807, 2.05) is 0 Å². The van der Waals surface area contributed by atoms with Crippen molar-refractivity contribution in [3.8, 4) is 28.5 Å². The van der Waals surface area contributed by atoms with E-state index in [2.05, 4.69) is 21.5 Å². The fraction of sp³-hybridized carbons (Fsp3) is 0.346. The summed E-state index contributed by atoms with van der Waals surface area (Å²) in [4.78, 5) is 30.5. The average molecular weight is 509 g/mol. The topological polar surface area (TPSA) is 104 Å². The number of benzene rings is 1. The first-order valence-corrected chi connectivity index (χ1v) is 11.8. The number of rotatable bonds is 5. The smallest absolute Gasteiger partial charge is 0.326 e. The van der Waals surface area contributed by atoms with Gasteiger partial charge in [-0.2, -0.15) is 23.5 Å². The van der Waals surface area contributed by atoms with Gasteiger partial charge in [0.05, 0.1) is 23.6 Å². The second kappa shape index (κ2) is 8.73. The quantitative estimate of drug-likeness (QED) is 0.534. The highest BCUT2D eigenvalue weighted by Gasteiger charge is 2.57. The van der Waals surface area contributed by atoms with Gasteiger partial charge in [-0.3, -0.25) is 14.3 Å². The van der Waals surface area contributed by atoms with Gasteiger partial charge in [-0.25, -0.2) is 4.98 Å². The van der Waals surface area contributed by atoms with Crippen molar-refractivity contribution in [3.05, 3.63) is 48.4 Å². The van der Waals surface area contributed by atoms with E-state index >= 15 is 0 Å². The molecule has 1 N–H and O–H groups in total. The van der Waals surface area contributed by atoms with E-state index in [9.17, 15) is 28.0 Å². The number of carbonyl (C=O) groups excluding carboxylic acids is 2. The monoisotopic (exact) mass is 508 g/mol. The van der Waals surface area contributed by atoms with Gasteiger partial charge in [0.1, 0.15) is 11.1 Å². The summed E-state index contributed by atoms with van der Waals surface area (Å²) in [6.45, 7) is 1.43. The van der Waals surface area contributed by atoms with E-state index in [-0.39, 0.29) is 41.5 Å². The van der Waals surface area contributed by atoms with Gasteiger partial charge in [0.15, 0.2) is 0 Å². The van der Waals surface area contributed by atoms with E-state index < -0.39 is 29.1 Å². The molecule has 37 heavy (non-hydrogen) atoms. The Balaban J connectivity index is 1.71. The Bertz CT molecular complexity index is 1450. The molecule has 0 spiro atoms. The van der Waals surface area contributed by atoms with Crippen LogP contribution in [-0.2, 0) is 22.8 Å². The molecule has 2 amide bonds. The molecule has 1 aliphatic carbocycles. The first-order valence-electron chi connectivity index (χ1n) is 11.8. The fourth-order valence-corrected chi connectivity index (χ4v) is 5.00. The van der Waals surface area contributed by atoms with Crippen molar-refractivity contribution < 1.29 is 22.8 Å². The van der Waals surface area contributed by atoms with Crippen LogP contribution in [0.25, 0.3) is 22.4 Å². The minimum atomic E-state index is -4.80. The molecule has 2 aliphatic rings. The minimum absolute atomic E-state index is 0.00913. The highest BCUT2D eigenvalue weighted by Crippen LogP contribution is 2.52. The van der Waals surface area contributed by atoms with Gasteiger partial charge < -0.3 is 10.2 Å². The predicted octanol–water partition coefficient (Wildman–Crippen LogP) is 4.78. The van der Waals surface area contributed by atoms with Gasteiger partial charge in [0.25, 0.3) is 0 Å². The third-order valence-corrected chi connectivity index (χ3v) is 6.89. The average Bonchev–Trinajstić information content (AvgIpc) is 3.52. The number of aromatic nitrogens is 3. The molecular weight excluding hydrogens is 485 g/mol. The third kappa shape index (κ3) is 4.33. The van der Waals surface area contributed by atoms with Gasteiger partial charge in [-0.15, -0.1) is 0 Å².